The molecule has 1 fully saturated rings. The lowest BCUT2D eigenvalue weighted by molar-refractivity contribution is 0.102. The number of fused-ring (bicyclic) bond motifs is 1. The molecule has 0 N–H and O–H groups in total. The van der Waals surface area contributed by atoms with Crippen molar-refractivity contribution >= 4 is 5.78 Å². The summed E-state index contributed by atoms with van der Waals surface area (Å²) in [7, 11) is 5.89. The molecule has 2 aliphatic carbocycles. The summed E-state index contributed by atoms with van der Waals surface area (Å²) in [6, 6.07) is 0. The maximum atomic E-state index is 12.6. The van der Waals surface area contributed by atoms with Crippen LogP contribution in [0.1, 0.15) is 46.9 Å². The van der Waals surface area contributed by atoms with Crippen LogP contribution in [0.15, 0.2) is 11.8 Å². The Bertz CT molecular complexity index is 535. The SMILES string of the molecule is CN(C)/C=C1\CCc2nn(C)c(C3CC3)c2C1=O. The van der Waals surface area contributed by atoms with Gasteiger partial charge in [-0.2, -0.15) is 5.10 Å². The predicted octanol–water partition coefficient (Wildman–Crippen LogP) is 1.87. The van der Waals surface area contributed by atoms with Gasteiger partial charge in [-0.15, -0.1) is 0 Å². The van der Waals surface area contributed by atoms with Gasteiger partial charge in [0.15, 0.2) is 5.78 Å². The summed E-state index contributed by atoms with van der Waals surface area (Å²) in [5, 5.41) is 4.53. The Kier molecular flexibility index (Phi) is 2.54. The molecule has 1 aromatic heterocycles. The highest BCUT2D eigenvalue weighted by atomic mass is 16.1. The van der Waals surface area contributed by atoms with E-state index in [1.807, 2.05) is 36.9 Å². The number of hydrogen-bond donors (Lipinski definition) is 0. The number of nitrogens with zero attached hydrogens (tertiary/aromatic N) is 3. The number of hydrogen-bond acceptors (Lipinski definition) is 3. The molecular formula is C14H19N3O. The summed E-state index contributed by atoms with van der Waals surface area (Å²) in [4.78, 5) is 14.5. The van der Waals surface area contributed by atoms with Crippen LogP contribution < -0.4 is 0 Å². The molecular weight excluding hydrogens is 226 g/mol. The van der Waals surface area contributed by atoms with Crippen molar-refractivity contribution in [1.29, 1.82) is 0 Å². The maximum Gasteiger partial charge on any atom is 0.194 e. The number of rotatable bonds is 2. The third kappa shape index (κ3) is 1.76. The first-order chi connectivity index (χ1) is 8.58. The highest BCUT2D eigenvalue weighted by Gasteiger charge is 2.36. The Labute approximate surface area is 107 Å². The van der Waals surface area contributed by atoms with Crippen molar-refractivity contribution in [3.05, 3.63) is 28.7 Å². The average molecular weight is 245 g/mol. The molecule has 3 rings (SSSR count). The number of carbonyl (C=O) groups is 1. The van der Waals surface area contributed by atoms with Crippen molar-refractivity contribution in [3.8, 4) is 0 Å². The van der Waals surface area contributed by atoms with Gasteiger partial charge >= 0.3 is 0 Å². The lowest BCUT2D eigenvalue weighted by Crippen LogP contribution is -2.17. The zero-order chi connectivity index (χ0) is 12.9. The summed E-state index contributed by atoms with van der Waals surface area (Å²) in [5.41, 5.74) is 3.99. The average Bonchev–Trinajstić information content (AvgIpc) is 3.06. The van der Waals surface area contributed by atoms with Gasteiger partial charge in [-0.25, -0.2) is 0 Å². The van der Waals surface area contributed by atoms with Gasteiger partial charge in [0.25, 0.3) is 0 Å². The standard InChI is InChI=1S/C14H19N3O/c1-16(2)8-10-6-7-11-12(14(10)18)13(9-4-5-9)17(3)15-11/h8-9H,4-7H2,1-3H3/b10-8+. The van der Waals surface area contributed by atoms with E-state index in [2.05, 4.69) is 5.10 Å². The van der Waals surface area contributed by atoms with Crippen LogP contribution in [0, 0.1) is 0 Å². The highest BCUT2D eigenvalue weighted by molar-refractivity contribution is 6.11. The van der Waals surface area contributed by atoms with E-state index in [0.29, 0.717) is 5.92 Å². The van der Waals surface area contributed by atoms with Crippen LogP contribution in [0.3, 0.4) is 0 Å². The number of aryl methyl sites for hydroxylation is 2. The fourth-order valence-electron chi connectivity index (χ4n) is 2.80. The summed E-state index contributed by atoms with van der Waals surface area (Å²) in [6.07, 6.45) is 6.05. The smallest absolute Gasteiger partial charge is 0.194 e. The molecule has 0 bridgehead atoms. The minimum atomic E-state index is 0.194. The summed E-state index contributed by atoms with van der Waals surface area (Å²) in [5.74, 6) is 0.758. The molecule has 18 heavy (non-hydrogen) atoms. The predicted molar refractivity (Wildman–Crippen MR) is 69.6 cm³/mol. The highest BCUT2D eigenvalue weighted by Crippen LogP contribution is 2.43. The van der Waals surface area contributed by atoms with Crippen LogP contribution in [0.5, 0.6) is 0 Å². The number of carbonyl (C=O) groups excluding carboxylic acids is 1. The molecule has 0 atom stereocenters. The molecule has 0 unspecified atom stereocenters. The first-order valence-corrected chi connectivity index (χ1v) is 6.55. The van der Waals surface area contributed by atoms with Gasteiger partial charge in [-0.05, 0) is 25.7 Å². The van der Waals surface area contributed by atoms with E-state index >= 15 is 0 Å². The molecule has 0 aliphatic heterocycles. The quantitative estimate of drug-likeness (QED) is 0.747. The van der Waals surface area contributed by atoms with E-state index in [9.17, 15) is 4.79 Å². The molecule has 1 aromatic rings. The third-order valence-electron chi connectivity index (χ3n) is 3.69. The van der Waals surface area contributed by atoms with E-state index < -0.39 is 0 Å². The molecule has 0 radical (unpaired) electrons. The second kappa shape index (κ2) is 3.97. The zero-order valence-electron chi connectivity index (χ0n) is 11.2. The van der Waals surface area contributed by atoms with Gasteiger partial charge in [0, 0.05) is 38.8 Å². The van der Waals surface area contributed by atoms with Gasteiger partial charge in [-0.1, -0.05) is 0 Å². The largest absolute Gasteiger partial charge is 0.383 e. The molecule has 0 spiro atoms. The van der Waals surface area contributed by atoms with Gasteiger partial charge in [0.2, 0.25) is 0 Å². The third-order valence-corrected chi connectivity index (χ3v) is 3.69. The fraction of sp³-hybridized carbons (Fsp3) is 0.571. The van der Waals surface area contributed by atoms with Gasteiger partial charge in [0.05, 0.1) is 17.0 Å². The van der Waals surface area contributed by atoms with E-state index in [4.69, 9.17) is 0 Å². The van der Waals surface area contributed by atoms with Gasteiger partial charge < -0.3 is 4.90 Å². The van der Waals surface area contributed by atoms with Crippen molar-refractivity contribution in [1.82, 2.24) is 14.7 Å². The summed E-state index contributed by atoms with van der Waals surface area (Å²) >= 11 is 0. The number of ketones is 1. The minimum absolute atomic E-state index is 0.194. The van der Waals surface area contributed by atoms with Gasteiger partial charge in [0.1, 0.15) is 0 Å². The Balaban J connectivity index is 2.06. The van der Waals surface area contributed by atoms with Gasteiger partial charge in [-0.3, -0.25) is 9.48 Å². The monoisotopic (exact) mass is 245 g/mol. The lowest BCUT2D eigenvalue weighted by Gasteiger charge is -2.16. The van der Waals surface area contributed by atoms with Crippen molar-refractivity contribution in [3.63, 3.8) is 0 Å². The minimum Gasteiger partial charge on any atom is -0.383 e. The maximum absolute atomic E-state index is 12.6. The molecule has 0 amide bonds. The Morgan fingerprint density at radius 2 is 2.06 bits per heavy atom. The zero-order valence-corrected chi connectivity index (χ0v) is 11.2. The lowest BCUT2D eigenvalue weighted by atomic mass is 9.89. The van der Waals surface area contributed by atoms with Crippen LogP contribution in [0.4, 0.5) is 0 Å². The summed E-state index contributed by atoms with van der Waals surface area (Å²) < 4.78 is 1.93. The molecule has 96 valence electrons. The second-order valence-corrected chi connectivity index (χ2v) is 5.55. The number of allylic oxidation sites excluding steroid dienone is 1. The van der Waals surface area contributed by atoms with Crippen molar-refractivity contribution < 1.29 is 4.79 Å². The molecule has 4 nitrogen and oxygen atoms in total. The Hall–Kier alpha value is -1.58. The van der Waals surface area contributed by atoms with Crippen LogP contribution in [-0.4, -0.2) is 34.6 Å². The first-order valence-electron chi connectivity index (χ1n) is 6.55. The fourth-order valence-corrected chi connectivity index (χ4v) is 2.80. The number of aromatic nitrogens is 2. The van der Waals surface area contributed by atoms with Crippen molar-refractivity contribution in [2.45, 2.75) is 31.6 Å². The first kappa shape index (κ1) is 11.5. The molecule has 0 saturated heterocycles. The molecule has 2 aliphatic rings. The molecule has 1 saturated carbocycles. The number of Topliss-reactive ketones (excluding diaryl/α,β-unsaturated/α-hetero) is 1. The molecule has 1 heterocycles. The van der Waals surface area contributed by atoms with Crippen molar-refractivity contribution in [2.75, 3.05) is 14.1 Å². The van der Waals surface area contributed by atoms with E-state index in [1.165, 1.54) is 18.5 Å². The van der Waals surface area contributed by atoms with Crippen LogP contribution >= 0.6 is 0 Å². The van der Waals surface area contributed by atoms with Crippen LogP contribution in [0.25, 0.3) is 0 Å². The Morgan fingerprint density at radius 1 is 1.33 bits per heavy atom. The topological polar surface area (TPSA) is 38.1 Å². The van der Waals surface area contributed by atoms with Crippen LogP contribution in [-0.2, 0) is 13.5 Å². The van der Waals surface area contributed by atoms with E-state index in [1.54, 1.807) is 0 Å². The second-order valence-electron chi connectivity index (χ2n) is 5.55. The van der Waals surface area contributed by atoms with E-state index in [-0.39, 0.29) is 5.78 Å². The molecule has 4 heteroatoms. The Morgan fingerprint density at radius 3 is 2.67 bits per heavy atom. The summed E-state index contributed by atoms with van der Waals surface area (Å²) in [6.45, 7) is 0. The van der Waals surface area contributed by atoms with Crippen molar-refractivity contribution in [2.24, 2.45) is 7.05 Å². The normalized spacial score (nSPS) is 21.3. The molecule has 0 aromatic carbocycles. The van der Waals surface area contributed by atoms with E-state index in [0.717, 1.165) is 29.7 Å². The van der Waals surface area contributed by atoms with Crippen LogP contribution in [0.2, 0.25) is 0 Å².